The van der Waals surface area contributed by atoms with E-state index in [-0.39, 0.29) is 5.82 Å². The highest BCUT2D eigenvalue weighted by Crippen LogP contribution is 2.28. The van der Waals surface area contributed by atoms with E-state index in [0.29, 0.717) is 0 Å². The number of hydrogen-bond acceptors (Lipinski definition) is 0. The van der Waals surface area contributed by atoms with Gasteiger partial charge < -0.3 is 4.57 Å². The fraction of sp³-hybridized carbons (Fsp3) is 0.167. The molecular weight excluding hydrogens is 257 g/mol. The maximum absolute atomic E-state index is 12.8. The average molecular weight is 268 g/mol. The lowest BCUT2D eigenvalue weighted by Crippen LogP contribution is -1.92. The maximum Gasteiger partial charge on any atom is 0.123 e. The van der Waals surface area contributed by atoms with Crippen molar-refractivity contribution in [3.63, 3.8) is 0 Å². The van der Waals surface area contributed by atoms with Gasteiger partial charge in [0.25, 0.3) is 0 Å². The van der Waals surface area contributed by atoms with Crippen LogP contribution in [0.25, 0.3) is 11.3 Å². The topological polar surface area (TPSA) is 4.93 Å². The zero-order valence-electron chi connectivity index (χ0n) is 8.59. The van der Waals surface area contributed by atoms with Gasteiger partial charge in [0.05, 0.1) is 10.3 Å². The van der Waals surface area contributed by atoms with E-state index in [1.807, 2.05) is 18.5 Å². The maximum atomic E-state index is 12.8. The lowest BCUT2D eigenvalue weighted by Gasteiger charge is -2.06. The summed E-state index contributed by atoms with van der Waals surface area (Å²) < 4.78 is 15.9. The first kappa shape index (κ1) is 10.4. The highest BCUT2D eigenvalue weighted by Gasteiger charge is 2.09. The Labute approximate surface area is 96.7 Å². The molecule has 0 atom stereocenters. The number of rotatable bonds is 1. The van der Waals surface area contributed by atoms with Crippen molar-refractivity contribution in [2.24, 2.45) is 7.05 Å². The van der Waals surface area contributed by atoms with E-state index in [2.05, 4.69) is 22.0 Å². The number of hydrogen-bond donors (Lipinski definition) is 0. The van der Waals surface area contributed by atoms with Gasteiger partial charge in [-0.25, -0.2) is 4.39 Å². The predicted octanol–water partition coefficient (Wildman–Crippen LogP) is 3.90. The van der Waals surface area contributed by atoms with Crippen LogP contribution in [-0.2, 0) is 7.05 Å². The van der Waals surface area contributed by atoms with Crippen LogP contribution in [-0.4, -0.2) is 4.57 Å². The van der Waals surface area contributed by atoms with Crippen molar-refractivity contribution in [2.75, 3.05) is 0 Å². The molecule has 0 N–H and O–H groups in total. The first-order valence-corrected chi connectivity index (χ1v) is 5.46. The molecule has 0 saturated heterocycles. The monoisotopic (exact) mass is 267 g/mol. The van der Waals surface area contributed by atoms with E-state index in [0.717, 1.165) is 15.9 Å². The number of benzene rings is 1. The zero-order chi connectivity index (χ0) is 11.0. The van der Waals surface area contributed by atoms with E-state index >= 15 is 0 Å². The summed E-state index contributed by atoms with van der Waals surface area (Å²) in [5.41, 5.74) is 3.32. The summed E-state index contributed by atoms with van der Waals surface area (Å²) >= 11 is 3.47. The second-order valence-corrected chi connectivity index (χ2v) is 4.38. The summed E-state index contributed by atoms with van der Waals surface area (Å²) in [7, 11) is 1.98. The predicted molar refractivity (Wildman–Crippen MR) is 63.2 cm³/mol. The van der Waals surface area contributed by atoms with Crippen LogP contribution in [0.2, 0.25) is 0 Å². The smallest absolute Gasteiger partial charge is 0.123 e. The van der Waals surface area contributed by atoms with Crippen LogP contribution < -0.4 is 0 Å². The van der Waals surface area contributed by atoms with E-state index in [4.69, 9.17) is 0 Å². The van der Waals surface area contributed by atoms with Gasteiger partial charge in [0, 0.05) is 7.05 Å². The second kappa shape index (κ2) is 3.81. The van der Waals surface area contributed by atoms with E-state index in [1.54, 1.807) is 12.1 Å². The van der Waals surface area contributed by atoms with Gasteiger partial charge in [0.1, 0.15) is 5.82 Å². The van der Waals surface area contributed by atoms with Crippen LogP contribution in [0.1, 0.15) is 5.56 Å². The van der Waals surface area contributed by atoms with Crippen LogP contribution in [0.4, 0.5) is 4.39 Å². The normalized spacial score (nSPS) is 10.7. The van der Waals surface area contributed by atoms with Gasteiger partial charge in [-0.2, -0.15) is 0 Å². The summed E-state index contributed by atoms with van der Waals surface area (Å²) in [4.78, 5) is 0. The van der Waals surface area contributed by atoms with Crippen LogP contribution in [0.3, 0.4) is 0 Å². The standard InChI is InChI=1S/C12H11BrFN/c1-8-7-11(13)15(2)12(8)9-3-5-10(14)6-4-9/h3-7H,1-2H3. The SMILES string of the molecule is Cc1cc(Br)n(C)c1-c1ccc(F)cc1. The van der Waals surface area contributed by atoms with Gasteiger partial charge in [-0.15, -0.1) is 0 Å². The van der Waals surface area contributed by atoms with Gasteiger partial charge >= 0.3 is 0 Å². The highest BCUT2D eigenvalue weighted by molar-refractivity contribution is 9.10. The van der Waals surface area contributed by atoms with Gasteiger partial charge in [-0.3, -0.25) is 0 Å². The Morgan fingerprint density at radius 3 is 2.27 bits per heavy atom. The molecule has 2 rings (SSSR count). The molecule has 1 heterocycles. The second-order valence-electron chi connectivity index (χ2n) is 3.56. The number of aryl methyl sites for hydroxylation is 1. The van der Waals surface area contributed by atoms with Gasteiger partial charge in [0.2, 0.25) is 0 Å². The Kier molecular flexibility index (Phi) is 2.65. The fourth-order valence-corrected chi connectivity index (χ4v) is 2.26. The van der Waals surface area contributed by atoms with Crippen molar-refractivity contribution in [2.45, 2.75) is 6.92 Å². The van der Waals surface area contributed by atoms with Gasteiger partial charge in [-0.05, 0) is 64.3 Å². The molecule has 0 aliphatic rings. The number of halogens is 2. The molecule has 0 radical (unpaired) electrons. The van der Waals surface area contributed by atoms with Crippen molar-refractivity contribution in [3.8, 4) is 11.3 Å². The summed E-state index contributed by atoms with van der Waals surface area (Å²) in [5.74, 6) is -0.204. The van der Waals surface area contributed by atoms with Crippen LogP contribution in [0.15, 0.2) is 34.9 Å². The van der Waals surface area contributed by atoms with Crippen molar-refractivity contribution in [1.82, 2.24) is 4.57 Å². The molecule has 0 unspecified atom stereocenters. The molecule has 0 fully saturated rings. The molecule has 0 aliphatic carbocycles. The van der Waals surface area contributed by atoms with Crippen molar-refractivity contribution in [3.05, 3.63) is 46.3 Å². The summed E-state index contributed by atoms with van der Waals surface area (Å²) in [6, 6.07) is 8.61. The Bertz CT molecular complexity index is 485. The molecule has 78 valence electrons. The van der Waals surface area contributed by atoms with Crippen LogP contribution >= 0.6 is 15.9 Å². The molecule has 0 bridgehead atoms. The summed E-state index contributed by atoms with van der Waals surface area (Å²) in [6.07, 6.45) is 0. The molecule has 1 nitrogen and oxygen atoms in total. The van der Waals surface area contributed by atoms with Crippen molar-refractivity contribution >= 4 is 15.9 Å². The fourth-order valence-electron chi connectivity index (χ4n) is 1.74. The minimum atomic E-state index is -0.204. The molecule has 15 heavy (non-hydrogen) atoms. The molecule has 3 heteroatoms. The van der Waals surface area contributed by atoms with E-state index in [9.17, 15) is 4.39 Å². The zero-order valence-corrected chi connectivity index (χ0v) is 10.2. The minimum absolute atomic E-state index is 0.204. The highest BCUT2D eigenvalue weighted by atomic mass is 79.9. The molecule has 0 aliphatic heterocycles. The molecule has 2 aromatic rings. The first-order valence-electron chi connectivity index (χ1n) is 4.67. The van der Waals surface area contributed by atoms with Crippen molar-refractivity contribution < 1.29 is 4.39 Å². The summed E-state index contributed by atoms with van der Waals surface area (Å²) in [5, 5.41) is 0. The molecule has 0 saturated carbocycles. The largest absolute Gasteiger partial charge is 0.338 e. The Hall–Kier alpha value is -1.09. The molecule has 1 aromatic carbocycles. The van der Waals surface area contributed by atoms with Crippen LogP contribution in [0, 0.1) is 12.7 Å². The Balaban J connectivity index is 2.58. The van der Waals surface area contributed by atoms with Gasteiger partial charge in [0.15, 0.2) is 0 Å². The third-order valence-corrected chi connectivity index (χ3v) is 3.24. The molecule has 1 aromatic heterocycles. The van der Waals surface area contributed by atoms with E-state index < -0.39 is 0 Å². The minimum Gasteiger partial charge on any atom is -0.338 e. The third-order valence-electron chi connectivity index (χ3n) is 2.48. The number of nitrogens with zero attached hydrogens (tertiary/aromatic N) is 1. The van der Waals surface area contributed by atoms with E-state index in [1.165, 1.54) is 17.7 Å². The first-order chi connectivity index (χ1) is 7.09. The Morgan fingerprint density at radius 2 is 1.80 bits per heavy atom. The lowest BCUT2D eigenvalue weighted by molar-refractivity contribution is 0.628. The molecule has 0 amide bonds. The Morgan fingerprint density at radius 1 is 1.20 bits per heavy atom. The molecular formula is C12H11BrFN. The quantitative estimate of drug-likeness (QED) is 0.739. The average Bonchev–Trinajstić information content (AvgIpc) is 2.44. The van der Waals surface area contributed by atoms with Gasteiger partial charge in [-0.1, -0.05) is 0 Å². The molecule has 0 spiro atoms. The summed E-state index contributed by atoms with van der Waals surface area (Å²) in [6.45, 7) is 2.05. The van der Waals surface area contributed by atoms with Crippen LogP contribution in [0.5, 0.6) is 0 Å². The lowest BCUT2D eigenvalue weighted by atomic mass is 10.1. The van der Waals surface area contributed by atoms with Crippen molar-refractivity contribution in [1.29, 1.82) is 0 Å². The number of aromatic nitrogens is 1. The third kappa shape index (κ3) is 1.84.